The van der Waals surface area contributed by atoms with Gasteiger partial charge in [0, 0.05) is 18.4 Å². The molecule has 1 aromatic heterocycles. The molecule has 2 rings (SSSR count). The summed E-state index contributed by atoms with van der Waals surface area (Å²) >= 11 is 0. The maximum atomic E-state index is 4.22. The Labute approximate surface area is 128 Å². The van der Waals surface area contributed by atoms with Crippen LogP contribution in [0.4, 0.5) is 0 Å². The molecular formula is C19H26N2. The van der Waals surface area contributed by atoms with Gasteiger partial charge >= 0.3 is 0 Å². The fraction of sp³-hybridized carbons (Fsp3) is 0.421. The number of hydrogen-bond donors (Lipinski definition) is 1. The van der Waals surface area contributed by atoms with E-state index in [0.717, 1.165) is 19.4 Å². The van der Waals surface area contributed by atoms with Crippen LogP contribution in [0.1, 0.15) is 36.5 Å². The van der Waals surface area contributed by atoms with E-state index in [9.17, 15) is 0 Å². The number of rotatable bonds is 8. The summed E-state index contributed by atoms with van der Waals surface area (Å²) in [7, 11) is 0. The molecule has 0 saturated heterocycles. The zero-order chi connectivity index (χ0) is 14.9. The van der Waals surface area contributed by atoms with Crippen molar-refractivity contribution in [1.82, 2.24) is 10.3 Å². The van der Waals surface area contributed by atoms with E-state index in [-0.39, 0.29) is 0 Å². The lowest BCUT2D eigenvalue weighted by atomic mass is 9.97. The summed E-state index contributed by atoms with van der Waals surface area (Å²) < 4.78 is 0. The molecule has 0 aliphatic rings. The Hall–Kier alpha value is -1.67. The van der Waals surface area contributed by atoms with Crippen LogP contribution >= 0.6 is 0 Å². The van der Waals surface area contributed by atoms with Crippen molar-refractivity contribution in [3.63, 3.8) is 0 Å². The Kier molecular flexibility index (Phi) is 6.42. The van der Waals surface area contributed by atoms with Crippen molar-refractivity contribution < 1.29 is 0 Å². The number of pyridine rings is 1. The van der Waals surface area contributed by atoms with E-state index in [1.807, 2.05) is 18.5 Å². The summed E-state index contributed by atoms with van der Waals surface area (Å²) in [6, 6.07) is 13.4. The number of nitrogens with zero attached hydrogens (tertiary/aromatic N) is 1. The van der Waals surface area contributed by atoms with Gasteiger partial charge in [0.2, 0.25) is 0 Å². The molecule has 1 N–H and O–H groups in total. The smallest absolute Gasteiger partial charge is 0.0300 e. The highest BCUT2D eigenvalue weighted by Crippen LogP contribution is 2.13. The molecule has 2 nitrogen and oxygen atoms in total. The Morgan fingerprint density at radius 2 is 2.00 bits per heavy atom. The van der Waals surface area contributed by atoms with Gasteiger partial charge in [0.25, 0.3) is 0 Å². The zero-order valence-corrected chi connectivity index (χ0v) is 13.2. The average Bonchev–Trinajstić information content (AvgIpc) is 2.52. The summed E-state index contributed by atoms with van der Waals surface area (Å²) in [5.74, 6) is 0. The monoisotopic (exact) mass is 282 g/mol. The van der Waals surface area contributed by atoms with Crippen molar-refractivity contribution in [2.75, 3.05) is 6.54 Å². The van der Waals surface area contributed by atoms with Gasteiger partial charge in [-0.05, 0) is 61.9 Å². The second kappa shape index (κ2) is 8.58. The van der Waals surface area contributed by atoms with Crippen LogP contribution in [0, 0.1) is 6.92 Å². The van der Waals surface area contributed by atoms with Gasteiger partial charge in [-0.15, -0.1) is 0 Å². The van der Waals surface area contributed by atoms with Gasteiger partial charge in [-0.1, -0.05) is 37.3 Å². The van der Waals surface area contributed by atoms with E-state index in [0.29, 0.717) is 6.04 Å². The standard InChI is InChI=1S/C19H26N2/c1-3-12-21-19(14-17-8-6-13-20-15-17)11-10-18-9-5-4-7-16(18)2/h4-9,13,15,19,21H,3,10-12,14H2,1-2H3. The number of nitrogens with one attached hydrogen (secondary N) is 1. The summed E-state index contributed by atoms with van der Waals surface area (Å²) in [6.07, 6.45) is 8.35. The van der Waals surface area contributed by atoms with Crippen molar-refractivity contribution in [3.8, 4) is 0 Å². The highest BCUT2D eigenvalue weighted by molar-refractivity contribution is 5.25. The van der Waals surface area contributed by atoms with Crippen LogP contribution in [0.15, 0.2) is 48.8 Å². The van der Waals surface area contributed by atoms with Crippen LogP contribution in [-0.2, 0) is 12.8 Å². The molecule has 0 saturated carbocycles. The van der Waals surface area contributed by atoms with Crippen molar-refractivity contribution in [1.29, 1.82) is 0 Å². The van der Waals surface area contributed by atoms with E-state index in [1.165, 1.54) is 29.5 Å². The molecule has 0 amide bonds. The lowest BCUT2D eigenvalue weighted by molar-refractivity contribution is 0.477. The van der Waals surface area contributed by atoms with Gasteiger partial charge in [0.1, 0.15) is 0 Å². The van der Waals surface area contributed by atoms with Crippen molar-refractivity contribution >= 4 is 0 Å². The van der Waals surface area contributed by atoms with E-state index in [2.05, 4.69) is 54.5 Å². The summed E-state index contributed by atoms with van der Waals surface area (Å²) in [5, 5.41) is 3.68. The number of hydrogen-bond acceptors (Lipinski definition) is 2. The Morgan fingerprint density at radius 1 is 1.14 bits per heavy atom. The van der Waals surface area contributed by atoms with Gasteiger partial charge < -0.3 is 5.32 Å². The molecule has 2 heteroatoms. The van der Waals surface area contributed by atoms with Crippen molar-refractivity contribution in [3.05, 3.63) is 65.5 Å². The topological polar surface area (TPSA) is 24.9 Å². The third-order valence-corrected chi connectivity index (χ3v) is 3.91. The molecule has 1 atom stereocenters. The minimum atomic E-state index is 0.522. The van der Waals surface area contributed by atoms with Crippen molar-refractivity contribution in [2.45, 2.75) is 45.6 Å². The SMILES string of the molecule is CCCNC(CCc1ccccc1C)Cc1cccnc1. The zero-order valence-electron chi connectivity index (χ0n) is 13.2. The van der Waals surface area contributed by atoms with Crippen LogP contribution in [-0.4, -0.2) is 17.6 Å². The molecule has 0 aliphatic heterocycles. The van der Waals surface area contributed by atoms with E-state index >= 15 is 0 Å². The average molecular weight is 282 g/mol. The third kappa shape index (κ3) is 5.31. The normalized spacial score (nSPS) is 12.3. The Morgan fingerprint density at radius 3 is 2.71 bits per heavy atom. The molecule has 0 fully saturated rings. The Balaban J connectivity index is 1.94. The maximum absolute atomic E-state index is 4.22. The fourth-order valence-corrected chi connectivity index (χ4v) is 2.65. The molecule has 0 spiro atoms. The maximum Gasteiger partial charge on any atom is 0.0300 e. The lowest BCUT2D eigenvalue weighted by Gasteiger charge is -2.19. The van der Waals surface area contributed by atoms with E-state index < -0.39 is 0 Å². The van der Waals surface area contributed by atoms with Gasteiger partial charge in [-0.3, -0.25) is 4.98 Å². The van der Waals surface area contributed by atoms with Gasteiger partial charge in [0.05, 0.1) is 0 Å². The van der Waals surface area contributed by atoms with E-state index in [4.69, 9.17) is 0 Å². The molecule has 1 aromatic carbocycles. The minimum absolute atomic E-state index is 0.522. The fourth-order valence-electron chi connectivity index (χ4n) is 2.65. The Bertz CT molecular complexity index is 522. The van der Waals surface area contributed by atoms with Crippen molar-refractivity contribution in [2.24, 2.45) is 0 Å². The lowest BCUT2D eigenvalue weighted by Crippen LogP contribution is -2.32. The van der Waals surface area contributed by atoms with Gasteiger partial charge in [-0.25, -0.2) is 0 Å². The van der Waals surface area contributed by atoms with Crippen LogP contribution in [0.3, 0.4) is 0 Å². The second-order valence-electron chi connectivity index (χ2n) is 5.68. The molecule has 1 heterocycles. The predicted molar refractivity (Wildman–Crippen MR) is 89.5 cm³/mol. The molecule has 21 heavy (non-hydrogen) atoms. The van der Waals surface area contributed by atoms with Crippen LogP contribution in [0.25, 0.3) is 0 Å². The minimum Gasteiger partial charge on any atom is -0.314 e. The second-order valence-corrected chi connectivity index (χ2v) is 5.68. The third-order valence-electron chi connectivity index (χ3n) is 3.91. The first kappa shape index (κ1) is 15.7. The molecule has 0 aliphatic carbocycles. The highest BCUT2D eigenvalue weighted by Gasteiger charge is 2.10. The number of aryl methyl sites for hydroxylation is 2. The number of benzene rings is 1. The molecule has 2 aromatic rings. The summed E-state index contributed by atoms with van der Waals surface area (Å²) in [6.45, 7) is 5.50. The summed E-state index contributed by atoms with van der Waals surface area (Å²) in [5.41, 5.74) is 4.18. The molecule has 1 unspecified atom stereocenters. The quantitative estimate of drug-likeness (QED) is 0.793. The van der Waals surface area contributed by atoms with Gasteiger partial charge in [0.15, 0.2) is 0 Å². The van der Waals surface area contributed by atoms with Gasteiger partial charge in [-0.2, -0.15) is 0 Å². The van der Waals surface area contributed by atoms with Crippen LogP contribution < -0.4 is 5.32 Å². The molecule has 0 bridgehead atoms. The molecular weight excluding hydrogens is 256 g/mol. The molecule has 0 radical (unpaired) electrons. The first-order chi connectivity index (χ1) is 10.3. The highest BCUT2D eigenvalue weighted by atomic mass is 14.9. The molecule has 112 valence electrons. The predicted octanol–water partition coefficient (Wildman–Crippen LogP) is 3.93. The van der Waals surface area contributed by atoms with Crippen LogP contribution in [0.5, 0.6) is 0 Å². The first-order valence-electron chi connectivity index (χ1n) is 7.96. The largest absolute Gasteiger partial charge is 0.314 e. The first-order valence-corrected chi connectivity index (χ1v) is 7.96. The summed E-state index contributed by atoms with van der Waals surface area (Å²) in [4.78, 5) is 4.22. The number of aromatic nitrogens is 1. The van der Waals surface area contributed by atoms with E-state index in [1.54, 1.807) is 0 Å². The van der Waals surface area contributed by atoms with Crippen LogP contribution in [0.2, 0.25) is 0 Å².